The fourth-order valence-corrected chi connectivity index (χ4v) is 6.21. The van der Waals surface area contributed by atoms with Crippen LogP contribution in [0.5, 0.6) is 0 Å². The fourth-order valence-electron chi connectivity index (χ4n) is 3.55. The van der Waals surface area contributed by atoms with Gasteiger partial charge in [0.2, 0.25) is 5.28 Å². The monoisotopic (exact) mass is 494 g/mol. The van der Waals surface area contributed by atoms with Gasteiger partial charge < -0.3 is 9.88 Å². The van der Waals surface area contributed by atoms with Gasteiger partial charge in [-0.3, -0.25) is 4.57 Å². The number of H-pyrrole nitrogens is 1. The van der Waals surface area contributed by atoms with Crippen molar-refractivity contribution in [2.45, 2.75) is 12.8 Å². The number of fused-ring (bicyclic) bond motifs is 3. The number of piperidine rings is 1. The zero-order chi connectivity index (χ0) is 18.5. The second kappa shape index (κ2) is 7.14. The van der Waals surface area contributed by atoms with E-state index in [-0.39, 0.29) is 11.2 Å². The SMILES string of the molecule is O=P(Cl)(Cl)CC1CCN(c2nc(Cl)nc3c2[nH]c2ccc(Br)cc23)CC1. The number of aromatic nitrogens is 3. The summed E-state index contributed by atoms with van der Waals surface area (Å²) >= 11 is 21.2. The van der Waals surface area contributed by atoms with E-state index in [1.807, 2.05) is 18.2 Å². The molecular weight excluding hydrogens is 481 g/mol. The Labute approximate surface area is 173 Å². The number of nitrogens with one attached hydrogen (secondary N) is 1. The summed E-state index contributed by atoms with van der Waals surface area (Å²) in [6.07, 6.45) is 2.08. The van der Waals surface area contributed by atoms with Gasteiger partial charge in [-0.1, -0.05) is 15.9 Å². The Morgan fingerprint density at radius 2 is 2.00 bits per heavy atom. The molecule has 0 amide bonds. The summed E-state index contributed by atoms with van der Waals surface area (Å²) in [7, 11) is 0. The molecule has 0 saturated carbocycles. The maximum Gasteiger partial charge on any atom is 0.253 e. The minimum atomic E-state index is -3.03. The van der Waals surface area contributed by atoms with Crippen LogP contribution in [0.15, 0.2) is 22.7 Å². The number of hydrogen-bond acceptors (Lipinski definition) is 4. The Bertz CT molecular complexity index is 1030. The first kappa shape index (κ1) is 18.8. The van der Waals surface area contributed by atoms with Crippen LogP contribution in [0.2, 0.25) is 5.28 Å². The van der Waals surface area contributed by atoms with Crippen molar-refractivity contribution < 1.29 is 4.57 Å². The Hall–Kier alpha value is -0.520. The summed E-state index contributed by atoms with van der Waals surface area (Å²) in [6.45, 7) is 1.56. The maximum atomic E-state index is 11.7. The van der Waals surface area contributed by atoms with Crippen molar-refractivity contribution in [3.8, 4) is 0 Å². The zero-order valence-electron chi connectivity index (χ0n) is 13.6. The average molecular weight is 497 g/mol. The average Bonchev–Trinajstić information content (AvgIpc) is 2.91. The lowest BCUT2D eigenvalue weighted by molar-refractivity contribution is 0.437. The van der Waals surface area contributed by atoms with E-state index in [0.717, 1.165) is 58.2 Å². The molecule has 10 heteroatoms. The number of aromatic amines is 1. The summed E-state index contributed by atoms with van der Waals surface area (Å²) in [5.74, 6) is -1.97. The molecule has 26 heavy (non-hydrogen) atoms. The van der Waals surface area contributed by atoms with Crippen molar-refractivity contribution in [2.24, 2.45) is 5.92 Å². The molecule has 0 aliphatic carbocycles. The van der Waals surface area contributed by atoms with Crippen molar-refractivity contribution in [2.75, 3.05) is 24.2 Å². The zero-order valence-corrected chi connectivity index (χ0v) is 18.3. The third-order valence-electron chi connectivity index (χ3n) is 4.74. The molecule has 2 aromatic heterocycles. The molecule has 0 bridgehead atoms. The Kier molecular flexibility index (Phi) is 5.17. The molecule has 1 aromatic carbocycles. The lowest BCUT2D eigenvalue weighted by atomic mass is 9.99. The quantitative estimate of drug-likeness (QED) is 0.336. The van der Waals surface area contributed by atoms with E-state index in [9.17, 15) is 4.57 Å². The molecule has 5 nitrogen and oxygen atoms in total. The number of benzene rings is 1. The first-order valence-electron chi connectivity index (χ1n) is 8.18. The van der Waals surface area contributed by atoms with Gasteiger partial charge in [0.25, 0.3) is 5.85 Å². The van der Waals surface area contributed by atoms with Crippen LogP contribution >= 0.6 is 55.9 Å². The molecule has 3 heterocycles. The predicted molar refractivity (Wildman–Crippen MR) is 113 cm³/mol. The normalized spacial score (nSPS) is 16.7. The highest BCUT2D eigenvalue weighted by atomic mass is 79.9. The van der Waals surface area contributed by atoms with Gasteiger partial charge in [-0.2, -0.15) is 4.98 Å². The largest absolute Gasteiger partial charge is 0.355 e. The number of halogens is 4. The Balaban J connectivity index is 1.69. The van der Waals surface area contributed by atoms with E-state index in [1.54, 1.807) is 0 Å². The lowest BCUT2D eigenvalue weighted by Gasteiger charge is -2.33. The van der Waals surface area contributed by atoms with Gasteiger partial charge >= 0.3 is 0 Å². The van der Waals surface area contributed by atoms with Crippen molar-refractivity contribution in [1.82, 2.24) is 15.0 Å². The molecule has 1 fully saturated rings. The fraction of sp³-hybridized carbons (Fsp3) is 0.375. The highest BCUT2D eigenvalue weighted by Gasteiger charge is 2.28. The number of rotatable bonds is 3. The minimum Gasteiger partial charge on any atom is -0.355 e. The summed E-state index contributed by atoms with van der Waals surface area (Å²) in [5, 5.41) is 1.22. The van der Waals surface area contributed by atoms with Crippen LogP contribution < -0.4 is 4.90 Å². The Morgan fingerprint density at radius 1 is 1.27 bits per heavy atom. The summed E-state index contributed by atoms with van der Waals surface area (Å²) in [5.41, 5.74) is 2.67. The molecule has 1 aliphatic rings. The van der Waals surface area contributed by atoms with Crippen molar-refractivity contribution >= 4 is 83.6 Å². The molecule has 0 unspecified atom stereocenters. The van der Waals surface area contributed by atoms with Crippen molar-refractivity contribution in [3.05, 3.63) is 28.0 Å². The molecule has 1 aliphatic heterocycles. The van der Waals surface area contributed by atoms with Gasteiger partial charge in [-0.15, -0.1) is 0 Å². The molecule has 1 N–H and O–H groups in total. The van der Waals surface area contributed by atoms with Crippen LogP contribution in [-0.2, 0) is 4.57 Å². The number of nitrogens with zero attached hydrogens (tertiary/aromatic N) is 3. The standard InChI is InChI=1S/C16H15BrCl3N4OP/c17-10-1-2-12-11(7-10)13-14(21-12)15(23-16(18)22-13)24-5-3-9(4-6-24)8-26(19,20)25/h1-2,7,9,21H,3-6,8H2. The molecule has 3 aromatic rings. The topological polar surface area (TPSA) is 61.9 Å². The second-order valence-electron chi connectivity index (χ2n) is 6.54. The number of hydrogen-bond donors (Lipinski definition) is 1. The summed E-state index contributed by atoms with van der Waals surface area (Å²) in [4.78, 5) is 14.5. The van der Waals surface area contributed by atoms with Gasteiger partial charge in [0.05, 0.1) is 0 Å². The minimum absolute atomic E-state index is 0.224. The number of anilines is 1. The molecule has 138 valence electrons. The highest BCUT2D eigenvalue weighted by Crippen LogP contribution is 2.58. The summed E-state index contributed by atoms with van der Waals surface area (Å²) < 4.78 is 12.6. The van der Waals surface area contributed by atoms with E-state index in [2.05, 4.69) is 35.8 Å². The van der Waals surface area contributed by atoms with Gasteiger partial charge in [-0.25, -0.2) is 4.98 Å². The molecule has 1 saturated heterocycles. The van der Waals surface area contributed by atoms with Gasteiger partial charge in [0.15, 0.2) is 5.82 Å². The van der Waals surface area contributed by atoms with Crippen LogP contribution in [0.3, 0.4) is 0 Å². The third-order valence-corrected chi connectivity index (χ3v) is 7.18. The Morgan fingerprint density at radius 3 is 2.69 bits per heavy atom. The van der Waals surface area contributed by atoms with E-state index in [0.29, 0.717) is 6.16 Å². The van der Waals surface area contributed by atoms with E-state index in [4.69, 9.17) is 34.1 Å². The van der Waals surface area contributed by atoms with E-state index >= 15 is 0 Å². The van der Waals surface area contributed by atoms with E-state index < -0.39 is 5.85 Å². The molecular formula is C16H15BrCl3N4OP. The first-order valence-corrected chi connectivity index (χ1v) is 13.1. The molecule has 0 radical (unpaired) electrons. The second-order valence-corrected chi connectivity index (χ2v) is 13.1. The van der Waals surface area contributed by atoms with Crippen molar-refractivity contribution in [3.63, 3.8) is 0 Å². The maximum absolute atomic E-state index is 11.7. The van der Waals surface area contributed by atoms with Crippen LogP contribution in [-0.4, -0.2) is 34.2 Å². The molecule has 0 spiro atoms. The first-order chi connectivity index (χ1) is 12.3. The van der Waals surface area contributed by atoms with Crippen LogP contribution in [0, 0.1) is 5.92 Å². The van der Waals surface area contributed by atoms with Gasteiger partial charge in [-0.05, 0) is 71.0 Å². The van der Waals surface area contributed by atoms with E-state index in [1.165, 1.54) is 0 Å². The molecule has 4 rings (SSSR count). The summed E-state index contributed by atoms with van der Waals surface area (Å²) in [6, 6.07) is 6.00. The predicted octanol–water partition coefficient (Wildman–Crippen LogP) is 6.41. The van der Waals surface area contributed by atoms with Crippen molar-refractivity contribution in [1.29, 1.82) is 0 Å². The highest BCUT2D eigenvalue weighted by molar-refractivity contribution is 9.10. The van der Waals surface area contributed by atoms with Gasteiger partial charge in [0, 0.05) is 34.6 Å². The van der Waals surface area contributed by atoms with Gasteiger partial charge in [0.1, 0.15) is 11.0 Å². The lowest BCUT2D eigenvalue weighted by Crippen LogP contribution is -2.35. The van der Waals surface area contributed by atoms with Crippen LogP contribution in [0.25, 0.3) is 21.9 Å². The van der Waals surface area contributed by atoms with Crippen LogP contribution in [0.1, 0.15) is 12.8 Å². The van der Waals surface area contributed by atoms with Crippen LogP contribution in [0.4, 0.5) is 5.82 Å². The smallest absolute Gasteiger partial charge is 0.253 e. The third kappa shape index (κ3) is 3.85. The molecule has 0 atom stereocenters.